The molecule has 0 amide bonds. The molecule has 2 aliphatic rings. The molecule has 2 bridgehead atoms. The van der Waals surface area contributed by atoms with Crippen LogP contribution in [-0.2, 0) is 19.2 Å². The number of fused-ring (bicyclic) bond motifs is 2. The second-order valence-corrected chi connectivity index (χ2v) is 8.59. The van der Waals surface area contributed by atoms with Crippen LogP contribution in [-0.4, -0.2) is 47.7 Å². The number of rotatable bonds is 5. The molecular weight excluding hydrogens is 314 g/mol. The Morgan fingerprint density at radius 3 is 2.43 bits per heavy atom. The minimum Gasteiger partial charge on any atom is -0.388 e. The predicted octanol–water partition coefficient (Wildman–Crippen LogP) is 2.07. The molecule has 1 aromatic carbocycles. The zero-order valence-electron chi connectivity index (χ0n) is 13.6. The minimum atomic E-state index is -2.71. The zero-order chi connectivity index (χ0) is 16.7. The number of benzene rings is 1. The number of methoxy groups -OCH3 is 2. The van der Waals surface area contributed by atoms with E-state index in [4.69, 9.17) is 9.47 Å². The molecule has 0 heterocycles. The Morgan fingerprint density at radius 2 is 1.91 bits per heavy atom. The Bertz CT molecular complexity index is 719. The van der Waals surface area contributed by atoms with Gasteiger partial charge in [-0.15, -0.1) is 0 Å². The first-order chi connectivity index (χ1) is 10.9. The lowest BCUT2D eigenvalue weighted by atomic mass is 9.89. The lowest BCUT2D eigenvalue weighted by Crippen LogP contribution is -2.48. The summed E-state index contributed by atoms with van der Waals surface area (Å²) >= 11 is 0. The van der Waals surface area contributed by atoms with Crippen LogP contribution in [0.4, 0.5) is 0 Å². The molecule has 0 aromatic heterocycles. The normalized spacial score (nSPS) is 33.6. The highest BCUT2D eigenvalue weighted by molar-refractivity contribution is 7.93. The molecule has 0 radical (unpaired) electrons. The van der Waals surface area contributed by atoms with Crippen LogP contribution in [0.15, 0.2) is 51.7 Å². The van der Waals surface area contributed by atoms with Crippen LogP contribution < -0.4 is 0 Å². The molecule has 1 N–H and O–H groups in total. The largest absolute Gasteiger partial charge is 0.388 e. The van der Waals surface area contributed by atoms with Gasteiger partial charge >= 0.3 is 0 Å². The lowest BCUT2D eigenvalue weighted by molar-refractivity contribution is -0.239. The topological polar surface area (TPSA) is 68.1 Å². The van der Waals surface area contributed by atoms with E-state index in [1.807, 2.05) is 30.4 Å². The van der Waals surface area contributed by atoms with Crippen molar-refractivity contribution in [3.05, 3.63) is 42.5 Å². The SMILES string of the molecule is CN=S(=O)(CC1(O)CC2C=CC1C2(OC)OC)c1ccccc1. The summed E-state index contributed by atoms with van der Waals surface area (Å²) in [4.78, 5) is 0.642. The number of nitrogens with zero attached hydrogens (tertiary/aromatic N) is 1. The van der Waals surface area contributed by atoms with Gasteiger partial charge in [0.05, 0.1) is 27.0 Å². The maximum Gasteiger partial charge on any atom is 0.182 e. The van der Waals surface area contributed by atoms with Gasteiger partial charge in [-0.2, -0.15) is 0 Å². The first-order valence-electron chi connectivity index (χ1n) is 7.63. The van der Waals surface area contributed by atoms with Crippen LogP contribution in [0.3, 0.4) is 0 Å². The number of hydrogen-bond donors (Lipinski definition) is 1. The molecule has 1 fully saturated rings. The summed E-state index contributed by atoms with van der Waals surface area (Å²) in [5.74, 6) is -1.22. The van der Waals surface area contributed by atoms with Crippen LogP contribution in [0.2, 0.25) is 0 Å². The third-order valence-corrected chi connectivity index (χ3v) is 7.62. The average Bonchev–Trinajstić information content (AvgIpc) is 3.04. The fourth-order valence-electron chi connectivity index (χ4n) is 4.03. The molecule has 1 aromatic rings. The summed E-state index contributed by atoms with van der Waals surface area (Å²) in [5.41, 5.74) is -1.17. The Labute approximate surface area is 137 Å². The van der Waals surface area contributed by atoms with Crippen LogP contribution in [0.1, 0.15) is 6.42 Å². The molecule has 2 aliphatic carbocycles. The molecule has 1 saturated carbocycles. The summed E-state index contributed by atoms with van der Waals surface area (Å²) in [6.45, 7) is 0. The van der Waals surface area contributed by atoms with Gasteiger partial charge in [-0.1, -0.05) is 30.4 Å². The number of ether oxygens (including phenoxy) is 2. The molecule has 0 spiro atoms. The van der Waals surface area contributed by atoms with E-state index >= 15 is 0 Å². The third-order valence-electron chi connectivity index (χ3n) is 5.13. The van der Waals surface area contributed by atoms with E-state index < -0.39 is 21.1 Å². The van der Waals surface area contributed by atoms with Gasteiger partial charge in [0, 0.05) is 32.1 Å². The zero-order valence-corrected chi connectivity index (χ0v) is 14.5. The van der Waals surface area contributed by atoms with Crippen molar-refractivity contribution in [1.29, 1.82) is 0 Å². The van der Waals surface area contributed by atoms with E-state index in [2.05, 4.69) is 4.36 Å². The van der Waals surface area contributed by atoms with Gasteiger partial charge in [-0.25, -0.2) is 8.57 Å². The summed E-state index contributed by atoms with van der Waals surface area (Å²) in [6, 6.07) is 9.12. The Kier molecular flexibility index (Phi) is 4.13. The van der Waals surface area contributed by atoms with E-state index in [1.165, 1.54) is 0 Å². The van der Waals surface area contributed by atoms with Crippen molar-refractivity contribution in [3.8, 4) is 0 Å². The Morgan fingerprint density at radius 1 is 1.26 bits per heavy atom. The van der Waals surface area contributed by atoms with Crippen LogP contribution in [0.25, 0.3) is 0 Å². The molecule has 0 saturated heterocycles. The first kappa shape index (κ1) is 16.6. The minimum absolute atomic E-state index is 0.0521. The first-order valence-corrected chi connectivity index (χ1v) is 9.31. The molecule has 0 aliphatic heterocycles. The molecule has 23 heavy (non-hydrogen) atoms. The third kappa shape index (κ3) is 2.36. The number of hydrogen-bond acceptors (Lipinski definition) is 5. The van der Waals surface area contributed by atoms with Crippen LogP contribution in [0.5, 0.6) is 0 Å². The fourth-order valence-corrected chi connectivity index (χ4v) is 6.09. The second kappa shape index (κ2) is 5.70. The van der Waals surface area contributed by atoms with Crippen molar-refractivity contribution in [1.82, 2.24) is 0 Å². The highest BCUT2D eigenvalue weighted by atomic mass is 32.2. The molecule has 126 valence electrons. The summed E-state index contributed by atoms with van der Waals surface area (Å²) in [7, 11) is 2.01. The van der Waals surface area contributed by atoms with Crippen LogP contribution in [0, 0.1) is 11.8 Å². The van der Waals surface area contributed by atoms with Crippen molar-refractivity contribution in [2.75, 3.05) is 27.0 Å². The monoisotopic (exact) mass is 337 g/mol. The van der Waals surface area contributed by atoms with Gasteiger partial charge in [-0.05, 0) is 18.6 Å². The Hall–Kier alpha value is -1.21. The van der Waals surface area contributed by atoms with E-state index in [-0.39, 0.29) is 17.6 Å². The van der Waals surface area contributed by atoms with Gasteiger partial charge < -0.3 is 14.6 Å². The maximum atomic E-state index is 13.3. The van der Waals surface area contributed by atoms with Crippen molar-refractivity contribution in [2.24, 2.45) is 16.2 Å². The maximum absolute atomic E-state index is 13.3. The van der Waals surface area contributed by atoms with E-state index in [0.717, 1.165) is 0 Å². The average molecular weight is 337 g/mol. The van der Waals surface area contributed by atoms with Gasteiger partial charge in [0.25, 0.3) is 0 Å². The van der Waals surface area contributed by atoms with Crippen molar-refractivity contribution >= 4 is 9.73 Å². The molecule has 4 atom stereocenters. The molecule has 3 rings (SSSR count). The lowest BCUT2D eigenvalue weighted by Gasteiger charge is -2.36. The van der Waals surface area contributed by atoms with Gasteiger partial charge in [0.1, 0.15) is 0 Å². The van der Waals surface area contributed by atoms with Crippen LogP contribution >= 0.6 is 0 Å². The van der Waals surface area contributed by atoms with Crippen molar-refractivity contribution < 1.29 is 18.8 Å². The number of aliphatic hydroxyl groups is 1. The molecule has 4 unspecified atom stereocenters. The quantitative estimate of drug-likeness (QED) is 0.660. The molecular formula is C17H23NO4S. The van der Waals surface area contributed by atoms with Crippen molar-refractivity contribution in [2.45, 2.75) is 22.7 Å². The van der Waals surface area contributed by atoms with E-state index in [9.17, 15) is 9.32 Å². The van der Waals surface area contributed by atoms with Crippen molar-refractivity contribution in [3.63, 3.8) is 0 Å². The summed E-state index contributed by atoms with van der Waals surface area (Å²) in [6.07, 6.45) is 4.39. The molecule has 5 nitrogen and oxygen atoms in total. The standard InChI is InChI=1S/C17H23NO4S/c1-18-23(20,14-7-5-4-6-8-14)12-16(19)11-13-9-10-15(16)17(13,21-2)22-3/h4-10,13,15,19H,11-12H2,1-3H3. The summed E-state index contributed by atoms with van der Waals surface area (Å²) in [5, 5.41) is 11.3. The highest BCUT2D eigenvalue weighted by Gasteiger charge is 2.65. The smallest absolute Gasteiger partial charge is 0.182 e. The Balaban J connectivity index is 1.97. The predicted molar refractivity (Wildman–Crippen MR) is 88.5 cm³/mol. The van der Waals surface area contributed by atoms with Gasteiger partial charge in [0.2, 0.25) is 0 Å². The fraction of sp³-hybridized carbons (Fsp3) is 0.529. The van der Waals surface area contributed by atoms with E-state index in [1.54, 1.807) is 33.4 Å². The second-order valence-electron chi connectivity index (χ2n) is 6.19. The molecule has 6 heteroatoms. The van der Waals surface area contributed by atoms with Gasteiger partial charge in [-0.3, -0.25) is 0 Å². The van der Waals surface area contributed by atoms with Gasteiger partial charge in [0.15, 0.2) is 5.79 Å². The van der Waals surface area contributed by atoms with E-state index in [0.29, 0.717) is 11.3 Å². The summed E-state index contributed by atoms with van der Waals surface area (Å²) < 4.78 is 28.7. The highest BCUT2D eigenvalue weighted by Crippen LogP contribution is 2.55.